The van der Waals surface area contributed by atoms with E-state index in [4.69, 9.17) is 4.98 Å². The normalized spacial score (nSPS) is 10.6. The second-order valence-corrected chi connectivity index (χ2v) is 6.08. The van der Waals surface area contributed by atoms with E-state index in [0.717, 1.165) is 21.8 Å². The van der Waals surface area contributed by atoms with Gasteiger partial charge in [0, 0.05) is 28.9 Å². The maximum atomic E-state index is 4.74. The van der Waals surface area contributed by atoms with Crippen LogP contribution in [0.15, 0.2) is 84.5 Å². The summed E-state index contributed by atoms with van der Waals surface area (Å²) in [4.78, 5) is 8.80. The Morgan fingerprint density at radius 1 is 0.609 bits per heavy atom. The molecule has 4 aromatic rings. The summed E-state index contributed by atoms with van der Waals surface area (Å²) in [6.45, 7) is 0. The van der Waals surface area contributed by atoms with Crippen molar-refractivity contribution in [2.45, 2.75) is 0 Å². The maximum Gasteiger partial charge on any atom is 0.124 e. The minimum atomic E-state index is 1.02. The van der Waals surface area contributed by atoms with Gasteiger partial charge in [0.1, 0.15) is 5.01 Å². The van der Waals surface area contributed by atoms with Crippen LogP contribution in [-0.4, -0.2) is 9.97 Å². The van der Waals surface area contributed by atoms with Crippen LogP contribution in [0, 0.1) is 0 Å². The summed E-state index contributed by atoms with van der Waals surface area (Å²) in [6, 6.07) is 22.9. The summed E-state index contributed by atoms with van der Waals surface area (Å²) < 4.78 is 0. The van der Waals surface area contributed by atoms with Crippen LogP contribution in [-0.2, 0) is 0 Å². The van der Waals surface area contributed by atoms with Crippen LogP contribution in [0.3, 0.4) is 0 Å². The molecule has 0 amide bonds. The van der Waals surface area contributed by atoms with E-state index in [9.17, 15) is 0 Å². The van der Waals surface area contributed by atoms with Crippen LogP contribution in [0.4, 0.5) is 0 Å². The summed E-state index contributed by atoms with van der Waals surface area (Å²) in [5.41, 5.74) is 5.72. The van der Waals surface area contributed by atoms with Crippen molar-refractivity contribution in [1.29, 1.82) is 0 Å². The third kappa shape index (κ3) is 2.91. The van der Waals surface area contributed by atoms with E-state index in [0.29, 0.717) is 0 Å². The molecule has 23 heavy (non-hydrogen) atoms. The molecule has 2 aromatic carbocycles. The zero-order valence-corrected chi connectivity index (χ0v) is 13.2. The highest BCUT2D eigenvalue weighted by atomic mass is 32.1. The first-order valence-electron chi connectivity index (χ1n) is 7.42. The molecule has 4 rings (SSSR count). The van der Waals surface area contributed by atoms with Gasteiger partial charge in [-0.1, -0.05) is 54.6 Å². The van der Waals surface area contributed by atoms with Crippen molar-refractivity contribution in [1.82, 2.24) is 9.97 Å². The molecule has 0 aliphatic heterocycles. The monoisotopic (exact) mass is 314 g/mol. The number of thiazole rings is 1. The standard InChI is InChI=1S/C20H14N2S/c1-2-4-15(5-3-1)16-6-8-17(9-7-16)19-14-23-20(22-19)18-10-12-21-13-11-18/h1-14H. The summed E-state index contributed by atoms with van der Waals surface area (Å²) in [7, 11) is 0. The van der Waals surface area contributed by atoms with Gasteiger partial charge < -0.3 is 0 Å². The number of rotatable bonds is 3. The van der Waals surface area contributed by atoms with Gasteiger partial charge in [-0.15, -0.1) is 11.3 Å². The second kappa shape index (κ2) is 6.15. The molecule has 0 bridgehead atoms. The molecule has 3 heteroatoms. The molecule has 0 fully saturated rings. The third-order valence-electron chi connectivity index (χ3n) is 3.72. The van der Waals surface area contributed by atoms with Crippen molar-refractivity contribution in [2.75, 3.05) is 0 Å². The largest absolute Gasteiger partial charge is 0.265 e. The number of pyridine rings is 1. The van der Waals surface area contributed by atoms with Crippen molar-refractivity contribution in [3.05, 3.63) is 84.5 Å². The van der Waals surface area contributed by atoms with Gasteiger partial charge in [-0.2, -0.15) is 0 Å². The highest BCUT2D eigenvalue weighted by molar-refractivity contribution is 7.13. The Labute approximate surface area is 139 Å². The minimum absolute atomic E-state index is 1.02. The van der Waals surface area contributed by atoms with E-state index in [2.05, 4.69) is 58.9 Å². The quantitative estimate of drug-likeness (QED) is 0.496. The van der Waals surface area contributed by atoms with Gasteiger partial charge in [0.15, 0.2) is 0 Å². The maximum absolute atomic E-state index is 4.74. The molecule has 2 nitrogen and oxygen atoms in total. The topological polar surface area (TPSA) is 25.8 Å². The summed E-state index contributed by atoms with van der Waals surface area (Å²) in [5.74, 6) is 0. The van der Waals surface area contributed by atoms with E-state index in [1.54, 1.807) is 23.7 Å². The van der Waals surface area contributed by atoms with Crippen molar-refractivity contribution in [2.24, 2.45) is 0 Å². The Morgan fingerprint density at radius 3 is 2.00 bits per heavy atom. The molecule has 0 saturated carbocycles. The summed E-state index contributed by atoms with van der Waals surface area (Å²) in [5, 5.41) is 3.13. The Balaban J connectivity index is 1.63. The Morgan fingerprint density at radius 2 is 1.26 bits per heavy atom. The number of hydrogen-bond donors (Lipinski definition) is 0. The molecule has 2 aromatic heterocycles. The minimum Gasteiger partial charge on any atom is -0.265 e. The molecule has 0 spiro atoms. The number of benzene rings is 2. The van der Waals surface area contributed by atoms with Crippen LogP contribution in [0.2, 0.25) is 0 Å². The van der Waals surface area contributed by atoms with Crippen molar-refractivity contribution < 1.29 is 0 Å². The van der Waals surface area contributed by atoms with E-state index in [1.165, 1.54) is 11.1 Å². The van der Waals surface area contributed by atoms with E-state index < -0.39 is 0 Å². The highest BCUT2D eigenvalue weighted by Gasteiger charge is 2.07. The van der Waals surface area contributed by atoms with Crippen LogP contribution in [0.5, 0.6) is 0 Å². The molecule has 0 radical (unpaired) electrons. The predicted molar refractivity (Wildman–Crippen MR) is 96.2 cm³/mol. The van der Waals surface area contributed by atoms with Gasteiger partial charge in [-0.3, -0.25) is 4.98 Å². The molecule has 0 saturated heterocycles. The molecule has 0 aliphatic carbocycles. The predicted octanol–water partition coefficient (Wildman–Crippen LogP) is 5.54. The van der Waals surface area contributed by atoms with Gasteiger partial charge >= 0.3 is 0 Å². The van der Waals surface area contributed by atoms with Crippen molar-refractivity contribution in [3.8, 4) is 33.0 Å². The fourth-order valence-corrected chi connectivity index (χ4v) is 3.33. The molecular weight excluding hydrogens is 300 g/mol. The lowest BCUT2D eigenvalue weighted by molar-refractivity contribution is 1.32. The Hall–Kier alpha value is -2.78. The smallest absolute Gasteiger partial charge is 0.124 e. The molecule has 2 heterocycles. The first-order chi connectivity index (χ1) is 11.4. The van der Waals surface area contributed by atoms with Gasteiger partial charge in [0.2, 0.25) is 0 Å². The average Bonchev–Trinajstić information content (AvgIpc) is 3.14. The summed E-state index contributed by atoms with van der Waals surface area (Å²) in [6.07, 6.45) is 3.59. The Kier molecular flexibility index (Phi) is 3.70. The fraction of sp³-hybridized carbons (Fsp3) is 0. The Bertz CT molecular complexity index is 897. The SMILES string of the molecule is c1ccc(-c2ccc(-c3csc(-c4ccncc4)n3)cc2)cc1. The van der Waals surface area contributed by atoms with Crippen LogP contribution < -0.4 is 0 Å². The molecule has 110 valence electrons. The molecule has 0 unspecified atom stereocenters. The molecular formula is C20H14N2S. The lowest BCUT2D eigenvalue weighted by atomic mass is 10.0. The lowest BCUT2D eigenvalue weighted by Crippen LogP contribution is -1.81. The van der Waals surface area contributed by atoms with Crippen molar-refractivity contribution in [3.63, 3.8) is 0 Å². The van der Waals surface area contributed by atoms with Crippen LogP contribution in [0.1, 0.15) is 0 Å². The van der Waals surface area contributed by atoms with Crippen LogP contribution >= 0.6 is 11.3 Å². The number of nitrogens with zero attached hydrogens (tertiary/aromatic N) is 2. The average molecular weight is 314 g/mol. The van der Waals surface area contributed by atoms with Crippen molar-refractivity contribution >= 4 is 11.3 Å². The van der Waals surface area contributed by atoms with E-state index >= 15 is 0 Å². The lowest BCUT2D eigenvalue weighted by Gasteiger charge is -2.02. The molecule has 0 atom stereocenters. The van der Waals surface area contributed by atoms with Gasteiger partial charge in [0.25, 0.3) is 0 Å². The zero-order valence-electron chi connectivity index (χ0n) is 12.4. The fourth-order valence-electron chi connectivity index (χ4n) is 2.50. The zero-order chi connectivity index (χ0) is 15.5. The first kappa shape index (κ1) is 13.9. The first-order valence-corrected chi connectivity index (χ1v) is 8.30. The number of hydrogen-bond acceptors (Lipinski definition) is 3. The van der Waals surface area contributed by atoms with Crippen LogP contribution in [0.25, 0.3) is 33.0 Å². The molecule has 0 N–H and O–H groups in total. The number of aromatic nitrogens is 2. The van der Waals surface area contributed by atoms with Gasteiger partial charge in [0.05, 0.1) is 5.69 Å². The second-order valence-electron chi connectivity index (χ2n) is 5.22. The molecule has 0 aliphatic rings. The van der Waals surface area contributed by atoms with E-state index in [-0.39, 0.29) is 0 Å². The third-order valence-corrected chi connectivity index (χ3v) is 4.61. The summed E-state index contributed by atoms with van der Waals surface area (Å²) >= 11 is 1.66. The van der Waals surface area contributed by atoms with Gasteiger partial charge in [-0.05, 0) is 23.3 Å². The van der Waals surface area contributed by atoms with E-state index in [1.807, 2.05) is 18.2 Å². The van der Waals surface area contributed by atoms with Gasteiger partial charge in [-0.25, -0.2) is 4.98 Å². The highest BCUT2D eigenvalue weighted by Crippen LogP contribution is 2.29.